The molecule has 1 aromatic heterocycles. The summed E-state index contributed by atoms with van der Waals surface area (Å²) in [4.78, 5) is 11.0. The Hall–Kier alpha value is -2.14. The van der Waals surface area contributed by atoms with Gasteiger partial charge in [0.05, 0.1) is 5.69 Å². The van der Waals surface area contributed by atoms with Gasteiger partial charge in [-0.05, 0) is 37.2 Å². The molecule has 0 bridgehead atoms. The first-order valence-electron chi connectivity index (χ1n) is 6.31. The molecular formula is C14H18N4O. The quantitative estimate of drug-likeness (QED) is 0.856. The van der Waals surface area contributed by atoms with Crippen LogP contribution in [-0.2, 0) is 0 Å². The molecule has 5 heteroatoms. The van der Waals surface area contributed by atoms with Crippen molar-refractivity contribution in [2.75, 3.05) is 6.54 Å². The van der Waals surface area contributed by atoms with E-state index in [0.717, 1.165) is 12.2 Å². The van der Waals surface area contributed by atoms with Gasteiger partial charge in [0.25, 0.3) is 5.91 Å². The Morgan fingerprint density at radius 3 is 2.89 bits per heavy atom. The highest BCUT2D eigenvalue weighted by Crippen LogP contribution is 2.16. The first kappa shape index (κ1) is 13.3. The number of nitrogens with two attached hydrogens (primary N) is 1. The van der Waals surface area contributed by atoms with Crippen LogP contribution in [0.4, 0.5) is 0 Å². The summed E-state index contributed by atoms with van der Waals surface area (Å²) in [6.07, 6.45) is 1.73. The lowest BCUT2D eigenvalue weighted by Gasteiger charge is -2.13. The minimum Gasteiger partial charge on any atom is -0.364 e. The van der Waals surface area contributed by atoms with Crippen molar-refractivity contribution in [1.29, 1.82) is 0 Å². The van der Waals surface area contributed by atoms with Crippen molar-refractivity contribution in [3.63, 3.8) is 0 Å². The van der Waals surface area contributed by atoms with Crippen LogP contribution in [-0.4, -0.2) is 22.2 Å². The van der Waals surface area contributed by atoms with E-state index in [1.807, 2.05) is 18.2 Å². The monoisotopic (exact) mass is 258 g/mol. The van der Waals surface area contributed by atoms with Crippen LogP contribution in [0.15, 0.2) is 36.5 Å². The third kappa shape index (κ3) is 3.00. The molecule has 0 aliphatic carbocycles. The second-order valence-corrected chi connectivity index (χ2v) is 4.38. The van der Waals surface area contributed by atoms with Gasteiger partial charge in [-0.3, -0.25) is 4.79 Å². The number of carbonyl (C=O) groups is 1. The number of nitrogens with one attached hydrogen (secondary N) is 1. The van der Waals surface area contributed by atoms with Crippen LogP contribution >= 0.6 is 0 Å². The average Bonchev–Trinajstić information content (AvgIpc) is 2.89. The lowest BCUT2D eigenvalue weighted by Crippen LogP contribution is -2.17. The second-order valence-electron chi connectivity index (χ2n) is 4.38. The summed E-state index contributed by atoms with van der Waals surface area (Å²) in [6, 6.07) is 9.92. The smallest absolute Gasteiger partial charge is 0.269 e. The molecule has 1 amide bonds. The fourth-order valence-electron chi connectivity index (χ4n) is 1.96. The van der Waals surface area contributed by atoms with E-state index in [-0.39, 0.29) is 11.7 Å². The first-order chi connectivity index (χ1) is 9.11. The Bertz CT molecular complexity index is 576. The van der Waals surface area contributed by atoms with E-state index in [0.29, 0.717) is 0 Å². The third-order valence-electron chi connectivity index (χ3n) is 2.99. The summed E-state index contributed by atoms with van der Waals surface area (Å²) in [6.45, 7) is 5.10. The first-order valence-corrected chi connectivity index (χ1v) is 6.31. The van der Waals surface area contributed by atoms with Crippen LogP contribution in [0.25, 0.3) is 5.69 Å². The standard InChI is InChI=1S/C14H18N4O/c1-3-16-10(2)11-5-4-6-12(9-11)18-8-7-13(17-18)14(15)19/h4-10,16H,3H2,1-2H3,(H2,15,19). The normalized spacial score (nSPS) is 12.3. The summed E-state index contributed by atoms with van der Waals surface area (Å²) in [5, 5.41) is 7.51. The molecule has 3 N–H and O–H groups in total. The molecule has 0 fully saturated rings. The Morgan fingerprint density at radius 1 is 1.47 bits per heavy atom. The van der Waals surface area contributed by atoms with Crippen molar-refractivity contribution in [2.45, 2.75) is 19.9 Å². The van der Waals surface area contributed by atoms with E-state index in [1.165, 1.54) is 5.56 Å². The number of rotatable bonds is 5. The van der Waals surface area contributed by atoms with E-state index < -0.39 is 5.91 Å². The Kier molecular flexibility index (Phi) is 3.97. The second kappa shape index (κ2) is 5.67. The number of carbonyl (C=O) groups excluding carboxylic acids is 1. The number of benzene rings is 1. The van der Waals surface area contributed by atoms with E-state index in [4.69, 9.17) is 5.73 Å². The van der Waals surface area contributed by atoms with Crippen LogP contribution in [0.3, 0.4) is 0 Å². The fraction of sp³-hybridized carbons (Fsp3) is 0.286. The van der Waals surface area contributed by atoms with Crippen molar-refractivity contribution < 1.29 is 4.79 Å². The van der Waals surface area contributed by atoms with E-state index in [1.54, 1.807) is 16.9 Å². The SMILES string of the molecule is CCNC(C)c1cccc(-n2ccc(C(N)=O)n2)c1. The maximum Gasteiger partial charge on any atom is 0.269 e. The van der Waals surface area contributed by atoms with Crippen molar-refractivity contribution in [3.8, 4) is 5.69 Å². The molecule has 0 saturated carbocycles. The molecule has 100 valence electrons. The molecule has 2 aromatic rings. The predicted octanol–water partition coefficient (Wildman–Crippen LogP) is 1.64. The molecule has 1 heterocycles. The molecule has 19 heavy (non-hydrogen) atoms. The number of hydrogen-bond acceptors (Lipinski definition) is 3. The van der Waals surface area contributed by atoms with Gasteiger partial charge in [-0.1, -0.05) is 19.1 Å². The molecule has 0 aliphatic rings. The number of nitrogens with zero attached hydrogens (tertiary/aromatic N) is 2. The zero-order chi connectivity index (χ0) is 13.8. The van der Waals surface area contributed by atoms with Gasteiger partial charge in [-0.15, -0.1) is 0 Å². The van der Waals surface area contributed by atoms with Gasteiger partial charge >= 0.3 is 0 Å². The number of primary amides is 1. The largest absolute Gasteiger partial charge is 0.364 e. The Labute approximate surface area is 112 Å². The maximum atomic E-state index is 11.0. The molecule has 0 radical (unpaired) electrons. The van der Waals surface area contributed by atoms with Gasteiger partial charge in [0.2, 0.25) is 0 Å². The van der Waals surface area contributed by atoms with Crippen LogP contribution in [0.1, 0.15) is 35.9 Å². The zero-order valence-corrected chi connectivity index (χ0v) is 11.1. The molecule has 2 rings (SSSR count). The molecule has 1 unspecified atom stereocenters. The average molecular weight is 258 g/mol. The van der Waals surface area contributed by atoms with Gasteiger partial charge in [0.15, 0.2) is 0 Å². The summed E-state index contributed by atoms with van der Waals surface area (Å²) in [7, 11) is 0. The third-order valence-corrected chi connectivity index (χ3v) is 2.99. The lowest BCUT2D eigenvalue weighted by molar-refractivity contribution is 0.0995. The van der Waals surface area contributed by atoms with Crippen LogP contribution in [0.5, 0.6) is 0 Å². The number of amides is 1. The van der Waals surface area contributed by atoms with Crippen molar-refractivity contribution in [3.05, 3.63) is 47.8 Å². The highest BCUT2D eigenvalue weighted by Gasteiger charge is 2.08. The zero-order valence-electron chi connectivity index (χ0n) is 11.1. The molecule has 1 atom stereocenters. The summed E-state index contributed by atoms with van der Waals surface area (Å²) in [5.74, 6) is -0.518. The van der Waals surface area contributed by atoms with Crippen LogP contribution in [0, 0.1) is 0 Å². The minimum absolute atomic E-state index is 0.269. The molecule has 0 aliphatic heterocycles. The van der Waals surface area contributed by atoms with Crippen molar-refractivity contribution >= 4 is 5.91 Å². The van der Waals surface area contributed by atoms with Crippen molar-refractivity contribution in [2.24, 2.45) is 5.73 Å². The highest BCUT2D eigenvalue weighted by molar-refractivity contribution is 5.90. The summed E-state index contributed by atoms with van der Waals surface area (Å²) in [5.41, 5.74) is 7.55. The fourth-order valence-corrected chi connectivity index (χ4v) is 1.96. The summed E-state index contributed by atoms with van der Waals surface area (Å²) < 4.78 is 1.66. The summed E-state index contributed by atoms with van der Waals surface area (Å²) >= 11 is 0. The Morgan fingerprint density at radius 2 is 2.26 bits per heavy atom. The molecule has 1 aromatic carbocycles. The highest BCUT2D eigenvalue weighted by atomic mass is 16.1. The molecular weight excluding hydrogens is 240 g/mol. The van der Waals surface area contributed by atoms with E-state index in [9.17, 15) is 4.79 Å². The topological polar surface area (TPSA) is 72.9 Å². The van der Waals surface area contributed by atoms with Crippen LogP contribution in [0.2, 0.25) is 0 Å². The van der Waals surface area contributed by atoms with E-state index in [2.05, 4.69) is 30.3 Å². The van der Waals surface area contributed by atoms with Crippen molar-refractivity contribution in [1.82, 2.24) is 15.1 Å². The minimum atomic E-state index is -0.518. The molecule has 5 nitrogen and oxygen atoms in total. The lowest BCUT2D eigenvalue weighted by atomic mass is 10.1. The molecule has 0 saturated heterocycles. The van der Waals surface area contributed by atoms with Gasteiger partial charge in [0, 0.05) is 12.2 Å². The Balaban J connectivity index is 2.29. The van der Waals surface area contributed by atoms with E-state index >= 15 is 0 Å². The van der Waals surface area contributed by atoms with Gasteiger partial charge < -0.3 is 11.1 Å². The van der Waals surface area contributed by atoms with Gasteiger partial charge in [-0.25, -0.2) is 4.68 Å². The predicted molar refractivity (Wildman–Crippen MR) is 74.2 cm³/mol. The maximum absolute atomic E-state index is 11.0. The van der Waals surface area contributed by atoms with Gasteiger partial charge in [0.1, 0.15) is 5.69 Å². The number of aromatic nitrogens is 2. The number of hydrogen-bond donors (Lipinski definition) is 2. The van der Waals surface area contributed by atoms with Gasteiger partial charge in [-0.2, -0.15) is 5.10 Å². The van der Waals surface area contributed by atoms with Crippen LogP contribution < -0.4 is 11.1 Å². The molecule has 0 spiro atoms.